The molecule has 0 radical (unpaired) electrons. The molecule has 6 nitrogen and oxygen atoms in total. The normalized spacial score (nSPS) is 10.2. The Balaban J connectivity index is 2.61. The molecule has 0 N–H and O–H groups in total. The zero-order valence-electron chi connectivity index (χ0n) is 12.6. The van der Waals surface area contributed by atoms with Crippen LogP contribution in [0.5, 0.6) is 0 Å². The zero-order valence-corrected chi connectivity index (χ0v) is 12.6. The first-order valence-corrected chi connectivity index (χ1v) is 7.03. The number of nitrogens with zero attached hydrogens (tertiary/aromatic N) is 2. The van der Waals surface area contributed by atoms with Crippen molar-refractivity contribution in [1.82, 2.24) is 9.88 Å². The highest BCUT2D eigenvalue weighted by Gasteiger charge is 2.16. The molecule has 0 aliphatic rings. The lowest BCUT2D eigenvalue weighted by molar-refractivity contribution is -0.140. The Labute approximate surface area is 125 Å². The predicted molar refractivity (Wildman–Crippen MR) is 77.9 cm³/mol. The van der Waals surface area contributed by atoms with Gasteiger partial charge in [0, 0.05) is 44.3 Å². The van der Waals surface area contributed by atoms with Gasteiger partial charge in [-0.1, -0.05) is 0 Å². The summed E-state index contributed by atoms with van der Waals surface area (Å²) in [6.07, 6.45) is 4.06. The van der Waals surface area contributed by atoms with Gasteiger partial charge in [0.15, 0.2) is 0 Å². The Bertz CT molecular complexity index is 437. The second kappa shape index (κ2) is 9.88. The molecule has 0 aromatic carbocycles. The molecule has 0 bridgehead atoms. The lowest BCUT2D eigenvalue weighted by atomic mass is 10.2. The lowest BCUT2D eigenvalue weighted by Crippen LogP contribution is -2.34. The number of ether oxygens (including phenoxy) is 2. The van der Waals surface area contributed by atoms with Gasteiger partial charge in [-0.3, -0.25) is 14.6 Å². The Hall–Kier alpha value is -1.95. The number of carbonyl (C=O) groups excluding carboxylic acids is 2. The van der Waals surface area contributed by atoms with E-state index in [2.05, 4.69) is 9.72 Å². The number of amides is 1. The minimum Gasteiger partial charge on any atom is -0.469 e. The van der Waals surface area contributed by atoms with Crippen molar-refractivity contribution in [3.05, 3.63) is 30.1 Å². The highest BCUT2D eigenvalue weighted by molar-refractivity contribution is 5.94. The molecular weight excluding hydrogens is 272 g/mol. The van der Waals surface area contributed by atoms with Crippen molar-refractivity contribution >= 4 is 11.9 Å². The molecule has 0 saturated carbocycles. The fraction of sp³-hybridized carbons (Fsp3) is 0.533. The first-order valence-electron chi connectivity index (χ1n) is 7.03. The molecule has 0 fully saturated rings. The Kier molecular flexibility index (Phi) is 8.04. The third-order valence-electron chi connectivity index (χ3n) is 2.95. The van der Waals surface area contributed by atoms with Crippen LogP contribution in [0.4, 0.5) is 0 Å². The lowest BCUT2D eigenvalue weighted by Gasteiger charge is -2.22. The van der Waals surface area contributed by atoms with Crippen LogP contribution in [0.3, 0.4) is 0 Å². The zero-order chi connectivity index (χ0) is 15.5. The summed E-state index contributed by atoms with van der Waals surface area (Å²) in [5.41, 5.74) is 0.561. The van der Waals surface area contributed by atoms with Crippen LogP contribution in [0, 0.1) is 0 Å². The second-order valence-corrected chi connectivity index (χ2v) is 4.40. The maximum atomic E-state index is 12.4. The highest BCUT2D eigenvalue weighted by Crippen LogP contribution is 2.06. The minimum absolute atomic E-state index is 0.113. The molecule has 21 heavy (non-hydrogen) atoms. The quantitative estimate of drug-likeness (QED) is 0.510. The molecule has 0 unspecified atom stereocenters. The van der Waals surface area contributed by atoms with Crippen LogP contribution in [-0.2, 0) is 14.3 Å². The average molecular weight is 294 g/mol. The summed E-state index contributed by atoms with van der Waals surface area (Å²) in [4.78, 5) is 29.2. The summed E-state index contributed by atoms with van der Waals surface area (Å²) in [5.74, 6) is -0.440. The monoisotopic (exact) mass is 294 g/mol. The van der Waals surface area contributed by atoms with Gasteiger partial charge >= 0.3 is 5.97 Å². The SMILES string of the molecule is CCOCCCN(CCC(=O)OC)C(=O)c1ccncc1. The van der Waals surface area contributed by atoms with E-state index in [0.717, 1.165) is 6.42 Å². The molecule has 1 aromatic heterocycles. The fourth-order valence-electron chi connectivity index (χ4n) is 1.82. The van der Waals surface area contributed by atoms with Gasteiger partial charge < -0.3 is 14.4 Å². The van der Waals surface area contributed by atoms with Gasteiger partial charge in [0.2, 0.25) is 0 Å². The standard InChI is InChI=1S/C15H22N2O4/c1-3-21-12-4-10-17(11-7-14(18)20-2)15(19)13-5-8-16-9-6-13/h5-6,8-9H,3-4,7,10-12H2,1-2H3. The molecule has 0 atom stereocenters. The van der Waals surface area contributed by atoms with Crippen molar-refractivity contribution in [3.8, 4) is 0 Å². The molecule has 1 amide bonds. The predicted octanol–water partition coefficient (Wildman–Crippen LogP) is 1.51. The van der Waals surface area contributed by atoms with E-state index in [-0.39, 0.29) is 18.3 Å². The highest BCUT2D eigenvalue weighted by atomic mass is 16.5. The number of methoxy groups -OCH3 is 1. The number of hydrogen-bond acceptors (Lipinski definition) is 5. The van der Waals surface area contributed by atoms with E-state index < -0.39 is 0 Å². The van der Waals surface area contributed by atoms with E-state index in [9.17, 15) is 9.59 Å². The number of aromatic nitrogens is 1. The molecule has 1 heterocycles. The minimum atomic E-state index is -0.327. The van der Waals surface area contributed by atoms with Crippen LogP contribution in [0.15, 0.2) is 24.5 Å². The molecule has 0 spiro atoms. The Morgan fingerprint density at radius 1 is 1.24 bits per heavy atom. The van der Waals surface area contributed by atoms with E-state index in [0.29, 0.717) is 31.9 Å². The molecular formula is C15H22N2O4. The van der Waals surface area contributed by atoms with Crippen molar-refractivity contribution in [2.45, 2.75) is 19.8 Å². The van der Waals surface area contributed by atoms with Crippen LogP contribution in [-0.4, -0.2) is 55.2 Å². The topological polar surface area (TPSA) is 68.7 Å². The number of rotatable bonds is 9. The van der Waals surface area contributed by atoms with Gasteiger partial charge in [-0.2, -0.15) is 0 Å². The molecule has 6 heteroatoms. The van der Waals surface area contributed by atoms with Crippen LogP contribution in [0.2, 0.25) is 0 Å². The van der Waals surface area contributed by atoms with Crippen LogP contribution < -0.4 is 0 Å². The summed E-state index contributed by atoms with van der Waals surface area (Å²) < 4.78 is 9.89. The molecule has 0 aliphatic heterocycles. The van der Waals surface area contributed by atoms with E-state index in [1.54, 1.807) is 29.4 Å². The maximum Gasteiger partial charge on any atom is 0.307 e. The van der Waals surface area contributed by atoms with E-state index in [4.69, 9.17) is 4.74 Å². The van der Waals surface area contributed by atoms with E-state index in [1.165, 1.54) is 7.11 Å². The molecule has 1 rings (SSSR count). The van der Waals surface area contributed by atoms with Gasteiger partial charge in [0.1, 0.15) is 0 Å². The molecule has 0 saturated heterocycles. The largest absolute Gasteiger partial charge is 0.469 e. The third kappa shape index (κ3) is 6.35. The number of pyridine rings is 1. The van der Waals surface area contributed by atoms with Gasteiger partial charge in [-0.15, -0.1) is 0 Å². The van der Waals surface area contributed by atoms with Crippen LogP contribution >= 0.6 is 0 Å². The first-order chi connectivity index (χ1) is 10.2. The third-order valence-corrected chi connectivity index (χ3v) is 2.95. The number of hydrogen-bond donors (Lipinski definition) is 0. The number of carbonyl (C=O) groups is 2. The van der Waals surface area contributed by atoms with Gasteiger partial charge in [-0.25, -0.2) is 0 Å². The first kappa shape index (κ1) is 17.1. The summed E-state index contributed by atoms with van der Waals surface area (Å²) in [6.45, 7) is 4.05. The maximum absolute atomic E-state index is 12.4. The Morgan fingerprint density at radius 3 is 2.57 bits per heavy atom. The van der Waals surface area contributed by atoms with Crippen molar-refractivity contribution < 1.29 is 19.1 Å². The van der Waals surface area contributed by atoms with Crippen molar-refractivity contribution in [1.29, 1.82) is 0 Å². The summed E-state index contributed by atoms with van der Waals surface area (Å²) in [7, 11) is 1.34. The summed E-state index contributed by atoms with van der Waals surface area (Å²) in [5, 5.41) is 0. The van der Waals surface area contributed by atoms with Gasteiger partial charge in [-0.05, 0) is 25.5 Å². The van der Waals surface area contributed by atoms with Gasteiger partial charge in [0.05, 0.1) is 13.5 Å². The fourth-order valence-corrected chi connectivity index (χ4v) is 1.82. The van der Waals surface area contributed by atoms with Crippen LogP contribution in [0.1, 0.15) is 30.1 Å². The van der Waals surface area contributed by atoms with Crippen molar-refractivity contribution in [3.63, 3.8) is 0 Å². The van der Waals surface area contributed by atoms with Crippen molar-refractivity contribution in [2.75, 3.05) is 33.4 Å². The van der Waals surface area contributed by atoms with Crippen LogP contribution in [0.25, 0.3) is 0 Å². The van der Waals surface area contributed by atoms with Crippen molar-refractivity contribution in [2.24, 2.45) is 0 Å². The molecule has 0 aliphatic carbocycles. The van der Waals surface area contributed by atoms with E-state index >= 15 is 0 Å². The smallest absolute Gasteiger partial charge is 0.307 e. The summed E-state index contributed by atoms with van der Waals surface area (Å²) in [6, 6.07) is 3.33. The molecule has 1 aromatic rings. The molecule has 116 valence electrons. The average Bonchev–Trinajstić information content (AvgIpc) is 2.54. The van der Waals surface area contributed by atoms with E-state index in [1.807, 2.05) is 6.92 Å². The number of esters is 1. The van der Waals surface area contributed by atoms with Gasteiger partial charge in [0.25, 0.3) is 5.91 Å². The Morgan fingerprint density at radius 2 is 1.95 bits per heavy atom. The second-order valence-electron chi connectivity index (χ2n) is 4.40. The summed E-state index contributed by atoms with van der Waals surface area (Å²) >= 11 is 0.